The zero-order valence-electron chi connectivity index (χ0n) is 9.68. The Morgan fingerprint density at radius 2 is 2.06 bits per heavy atom. The van der Waals surface area contributed by atoms with E-state index in [2.05, 4.69) is 38.3 Å². The van der Waals surface area contributed by atoms with E-state index in [-0.39, 0.29) is 5.75 Å². The van der Waals surface area contributed by atoms with Gasteiger partial charge in [-0.1, -0.05) is 22.9 Å². The molecule has 0 unspecified atom stereocenters. The Labute approximate surface area is 117 Å². The Balaban J connectivity index is 3.19. The lowest BCUT2D eigenvalue weighted by molar-refractivity contribution is -0.274. The Hall–Kier alpha value is -0.690. The summed E-state index contributed by atoms with van der Waals surface area (Å²) in [6, 6.07) is 2.49. The summed E-state index contributed by atoms with van der Waals surface area (Å²) in [4.78, 5) is 4.13. The molecular weight excluding hydrogens is 331 g/mol. The summed E-state index contributed by atoms with van der Waals surface area (Å²) < 4.78 is 40.8. The Kier molecular flexibility index (Phi) is 5.10. The zero-order chi connectivity index (χ0) is 13.9. The second-order valence-corrected chi connectivity index (χ2v) is 4.85. The Morgan fingerprint density at radius 3 is 2.56 bits per heavy atom. The fourth-order valence-corrected chi connectivity index (χ4v) is 1.70. The molecule has 0 aromatic heterocycles. The van der Waals surface area contributed by atoms with Gasteiger partial charge < -0.3 is 4.74 Å². The van der Waals surface area contributed by atoms with Gasteiger partial charge in [0, 0.05) is 10.5 Å². The standard InChI is InChI=1S/C11H11BrF3NOS/c1-3-10(18)16-9-5-7(17-11(13,14)15)4-8(12)6(9)2/h4-5H,3H2,1-2H3,(H,16,18). The van der Waals surface area contributed by atoms with Gasteiger partial charge in [0.2, 0.25) is 0 Å². The second-order valence-electron chi connectivity index (χ2n) is 3.48. The molecule has 1 aromatic rings. The number of ether oxygens (including phenoxy) is 1. The normalized spacial score (nSPS) is 12.7. The highest BCUT2D eigenvalue weighted by Crippen LogP contribution is 2.34. The smallest absolute Gasteiger partial charge is 0.406 e. The summed E-state index contributed by atoms with van der Waals surface area (Å²) >= 11 is 7.29. The van der Waals surface area contributed by atoms with Crippen LogP contribution in [0.4, 0.5) is 18.9 Å². The molecule has 0 saturated heterocycles. The number of rotatable bonds is 3. The highest BCUT2D eigenvalue weighted by Gasteiger charge is 2.31. The Morgan fingerprint density at radius 1 is 1.44 bits per heavy atom. The molecule has 0 spiro atoms. The molecule has 0 saturated carbocycles. The van der Waals surface area contributed by atoms with Crippen LogP contribution in [0.3, 0.4) is 0 Å². The maximum atomic E-state index is 12.1. The van der Waals surface area contributed by atoms with Gasteiger partial charge in [0.1, 0.15) is 5.75 Å². The van der Waals surface area contributed by atoms with E-state index in [1.165, 1.54) is 12.1 Å². The molecule has 0 amide bonds. The molecule has 1 aromatic carbocycles. The van der Waals surface area contributed by atoms with Gasteiger partial charge in [0.05, 0.1) is 10.7 Å². The van der Waals surface area contributed by atoms with Crippen LogP contribution >= 0.6 is 28.6 Å². The molecular formula is C11H11BrF3NOS. The number of halogens is 4. The molecule has 0 N–H and O–H groups in total. The van der Waals surface area contributed by atoms with E-state index < -0.39 is 6.36 Å². The number of hydrogen-bond acceptors (Lipinski definition) is 2. The number of benzene rings is 1. The molecule has 7 heteroatoms. The maximum Gasteiger partial charge on any atom is 0.573 e. The lowest BCUT2D eigenvalue weighted by Crippen LogP contribution is -2.17. The minimum atomic E-state index is -4.72. The molecule has 0 aliphatic heterocycles. The van der Waals surface area contributed by atoms with Crippen molar-refractivity contribution in [2.75, 3.05) is 0 Å². The average molecular weight is 342 g/mol. The fourth-order valence-electron chi connectivity index (χ4n) is 1.17. The number of aliphatic imine (C=N–C) groups is 1. The molecule has 100 valence electrons. The van der Waals surface area contributed by atoms with Gasteiger partial charge in [-0.25, -0.2) is 4.99 Å². The third-order valence-electron chi connectivity index (χ3n) is 2.09. The predicted octanol–water partition coefficient (Wildman–Crippen LogP) is 5.03. The minimum Gasteiger partial charge on any atom is -0.406 e. The summed E-state index contributed by atoms with van der Waals surface area (Å²) in [5.41, 5.74) is 1.12. The quantitative estimate of drug-likeness (QED) is 0.465. The van der Waals surface area contributed by atoms with E-state index in [9.17, 15) is 13.2 Å². The van der Waals surface area contributed by atoms with E-state index in [0.717, 1.165) is 5.56 Å². The van der Waals surface area contributed by atoms with Crippen LogP contribution in [0.25, 0.3) is 0 Å². The van der Waals surface area contributed by atoms with Gasteiger partial charge in [-0.15, -0.1) is 25.8 Å². The Bertz CT molecular complexity index is 474. The van der Waals surface area contributed by atoms with Crippen molar-refractivity contribution in [1.29, 1.82) is 0 Å². The number of nitrogens with zero attached hydrogens (tertiary/aromatic N) is 1. The van der Waals surface area contributed by atoms with Crippen LogP contribution in [0, 0.1) is 6.92 Å². The molecule has 0 atom stereocenters. The molecule has 0 bridgehead atoms. The first-order chi connectivity index (χ1) is 8.23. The average Bonchev–Trinajstić information content (AvgIpc) is 2.22. The SMILES string of the molecule is CC/C(S)=N\c1cc(OC(F)(F)F)cc(Br)c1C. The van der Waals surface area contributed by atoms with Crippen molar-refractivity contribution < 1.29 is 17.9 Å². The predicted molar refractivity (Wildman–Crippen MR) is 71.9 cm³/mol. The number of hydrogen-bond donors (Lipinski definition) is 1. The molecule has 0 aliphatic rings. The summed E-state index contributed by atoms with van der Waals surface area (Å²) in [6.07, 6.45) is -4.12. The third-order valence-corrected chi connectivity index (χ3v) is 3.33. The van der Waals surface area contributed by atoms with E-state index in [1.807, 2.05) is 6.92 Å². The molecule has 1 rings (SSSR count). The zero-order valence-corrected chi connectivity index (χ0v) is 12.2. The first-order valence-electron chi connectivity index (χ1n) is 5.05. The van der Waals surface area contributed by atoms with Crippen LogP contribution in [0.5, 0.6) is 5.75 Å². The van der Waals surface area contributed by atoms with Gasteiger partial charge in [-0.2, -0.15) is 0 Å². The van der Waals surface area contributed by atoms with E-state index >= 15 is 0 Å². The first-order valence-corrected chi connectivity index (χ1v) is 6.29. The largest absolute Gasteiger partial charge is 0.573 e. The van der Waals surface area contributed by atoms with Crippen molar-refractivity contribution in [3.05, 3.63) is 22.2 Å². The summed E-state index contributed by atoms with van der Waals surface area (Å²) in [7, 11) is 0. The second kappa shape index (κ2) is 5.97. The van der Waals surface area contributed by atoms with Crippen molar-refractivity contribution in [3.8, 4) is 5.75 Å². The summed E-state index contributed by atoms with van der Waals surface area (Å²) in [6.45, 7) is 3.60. The third kappa shape index (κ3) is 4.53. The number of alkyl halides is 3. The van der Waals surface area contributed by atoms with Crippen molar-refractivity contribution in [2.24, 2.45) is 4.99 Å². The monoisotopic (exact) mass is 341 g/mol. The first kappa shape index (κ1) is 15.4. The highest BCUT2D eigenvalue weighted by atomic mass is 79.9. The van der Waals surface area contributed by atoms with E-state index in [1.54, 1.807) is 6.92 Å². The highest BCUT2D eigenvalue weighted by molar-refractivity contribution is 9.10. The van der Waals surface area contributed by atoms with Crippen molar-refractivity contribution in [3.63, 3.8) is 0 Å². The van der Waals surface area contributed by atoms with Crippen LogP contribution in [-0.2, 0) is 0 Å². The van der Waals surface area contributed by atoms with Gasteiger partial charge in [-0.05, 0) is 25.0 Å². The molecule has 2 nitrogen and oxygen atoms in total. The molecule has 18 heavy (non-hydrogen) atoms. The number of thiol groups is 1. The van der Waals surface area contributed by atoms with Crippen LogP contribution in [0.2, 0.25) is 0 Å². The van der Waals surface area contributed by atoms with Crippen LogP contribution < -0.4 is 4.74 Å². The van der Waals surface area contributed by atoms with Crippen LogP contribution in [0.1, 0.15) is 18.9 Å². The van der Waals surface area contributed by atoms with Gasteiger partial charge in [0.25, 0.3) is 0 Å². The van der Waals surface area contributed by atoms with Crippen molar-refractivity contribution in [1.82, 2.24) is 0 Å². The van der Waals surface area contributed by atoms with Gasteiger partial charge in [0.15, 0.2) is 0 Å². The molecule has 0 radical (unpaired) electrons. The topological polar surface area (TPSA) is 21.6 Å². The van der Waals surface area contributed by atoms with E-state index in [4.69, 9.17) is 0 Å². The maximum absolute atomic E-state index is 12.1. The molecule has 0 fully saturated rings. The van der Waals surface area contributed by atoms with Crippen molar-refractivity contribution in [2.45, 2.75) is 26.6 Å². The van der Waals surface area contributed by atoms with Crippen LogP contribution in [0.15, 0.2) is 21.6 Å². The summed E-state index contributed by atoms with van der Waals surface area (Å²) in [5.74, 6) is -0.309. The van der Waals surface area contributed by atoms with Crippen molar-refractivity contribution >= 4 is 39.3 Å². The van der Waals surface area contributed by atoms with Gasteiger partial charge >= 0.3 is 6.36 Å². The van der Waals surface area contributed by atoms with Gasteiger partial charge in [-0.3, -0.25) is 0 Å². The molecule has 0 heterocycles. The van der Waals surface area contributed by atoms with E-state index in [0.29, 0.717) is 21.6 Å². The lowest BCUT2D eigenvalue weighted by Gasteiger charge is -2.12. The fraction of sp³-hybridized carbons (Fsp3) is 0.364. The summed E-state index contributed by atoms with van der Waals surface area (Å²) in [5, 5.41) is 0.536. The lowest BCUT2D eigenvalue weighted by atomic mass is 10.2. The molecule has 0 aliphatic carbocycles. The minimum absolute atomic E-state index is 0.309. The van der Waals surface area contributed by atoms with Crippen LogP contribution in [-0.4, -0.2) is 11.4 Å².